The van der Waals surface area contributed by atoms with Crippen molar-refractivity contribution in [2.24, 2.45) is 11.8 Å². The Hall–Kier alpha value is -1.78. The van der Waals surface area contributed by atoms with Gasteiger partial charge in [0.05, 0.1) is 0 Å². The zero-order chi connectivity index (χ0) is 14.2. The molecule has 0 bridgehead atoms. The number of rotatable bonds is 4. The molecule has 1 N–H and O–H groups in total. The van der Waals surface area contributed by atoms with Crippen LogP contribution in [0.4, 0.5) is 0 Å². The SMILES string of the molecule is Cc1oc(C(=O)O)cc1CN1CC(C(C)C)CC1=O. The van der Waals surface area contributed by atoms with Gasteiger partial charge in [0, 0.05) is 25.1 Å². The van der Waals surface area contributed by atoms with Crippen molar-refractivity contribution in [3.8, 4) is 0 Å². The smallest absolute Gasteiger partial charge is 0.371 e. The van der Waals surface area contributed by atoms with E-state index in [2.05, 4.69) is 13.8 Å². The lowest BCUT2D eigenvalue weighted by Gasteiger charge is -2.17. The van der Waals surface area contributed by atoms with Crippen molar-refractivity contribution < 1.29 is 19.1 Å². The first-order valence-electron chi connectivity index (χ1n) is 6.49. The molecule has 0 spiro atoms. The van der Waals surface area contributed by atoms with E-state index in [1.807, 2.05) is 0 Å². The average Bonchev–Trinajstić information content (AvgIpc) is 2.85. The molecular weight excluding hydrogens is 246 g/mol. The van der Waals surface area contributed by atoms with Crippen LogP contribution < -0.4 is 0 Å². The standard InChI is InChI=1S/C14H19NO4/c1-8(2)10-5-13(16)15(6-10)7-11-4-12(14(17)18)19-9(11)3/h4,8,10H,5-7H2,1-3H3,(H,17,18). The van der Waals surface area contributed by atoms with Gasteiger partial charge in [-0.2, -0.15) is 0 Å². The van der Waals surface area contributed by atoms with Gasteiger partial charge in [0.25, 0.3) is 0 Å². The fourth-order valence-electron chi connectivity index (χ4n) is 2.39. The Kier molecular flexibility index (Phi) is 3.64. The molecule has 1 amide bonds. The third kappa shape index (κ3) is 2.80. The Balaban J connectivity index is 2.09. The summed E-state index contributed by atoms with van der Waals surface area (Å²) in [6.07, 6.45) is 0.584. The largest absolute Gasteiger partial charge is 0.475 e. The molecule has 5 heteroatoms. The summed E-state index contributed by atoms with van der Waals surface area (Å²) in [5.41, 5.74) is 0.773. The van der Waals surface area contributed by atoms with Crippen LogP contribution in [0.2, 0.25) is 0 Å². The van der Waals surface area contributed by atoms with Crippen LogP contribution in [0.25, 0.3) is 0 Å². The molecule has 0 aromatic carbocycles. The van der Waals surface area contributed by atoms with Gasteiger partial charge in [-0.3, -0.25) is 4.79 Å². The van der Waals surface area contributed by atoms with Crippen LogP contribution in [0, 0.1) is 18.8 Å². The monoisotopic (exact) mass is 265 g/mol. The third-order valence-corrected chi connectivity index (χ3v) is 3.78. The van der Waals surface area contributed by atoms with Crippen molar-refractivity contribution in [3.63, 3.8) is 0 Å². The summed E-state index contributed by atoms with van der Waals surface area (Å²) in [5, 5.41) is 8.88. The number of carboxylic acid groups (broad SMARTS) is 1. The van der Waals surface area contributed by atoms with Gasteiger partial charge >= 0.3 is 5.97 Å². The molecule has 1 aliphatic rings. The molecule has 104 valence electrons. The van der Waals surface area contributed by atoms with Gasteiger partial charge in [-0.1, -0.05) is 13.8 Å². The van der Waals surface area contributed by atoms with Gasteiger partial charge in [-0.05, 0) is 24.8 Å². The lowest BCUT2D eigenvalue weighted by Crippen LogP contribution is -2.25. The first-order valence-corrected chi connectivity index (χ1v) is 6.49. The topological polar surface area (TPSA) is 70.8 Å². The van der Waals surface area contributed by atoms with E-state index < -0.39 is 5.97 Å². The first kappa shape index (κ1) is 13.6. The molecule has 2 heterocycles. The molecule has 0 radical (unpaired) electrons. The minimum atomic E-state index is -1.08. The van der Waals surface area contributed by atoms with Gasteiger partial charge in [0.15, 0.2) is 0 Å². The Labute approximate surface area is 112 Å². The van der Waals surface area contributed by atoms with Crippen molar-refractivity contribution in [2.75, 3.05) is 6.54 Å². The summed E-state index contributed by atoms with van der Waals surface area (Å²) < 4.78 is 5.16. The Morgan fingerprint density at radius 2 is 2.26 bits per heavy atom. The minimum absolute atomic E-state index is 0.0699. The number of aryl methyl sites for hydroxylation is 1. The second-order valence-corrected chi connectivity index (χ2v) is 5.48. The number of hydrogen-bond donors (Lipinski definition) is 1. The van der Waals surface area contributed by atoms with Crippen LogP contribution in [-0.2, 0) is 11.3 Å². The molecule has 0 aliphatic carbocycles. The second kappa shape index (κ2) is 5.07. The van der Waals surface area contributed by atoms with Crippen molar-refractivity contribution in [2.45, 2.75) is 33.7 Å². The van der Waals surface area contributed by atoms with E-state index in [1.165, 1.54) is 6.07 Å². The van der Waals surface area contributed by atoms with Gasteiger partial charge in [-0.25, -0.2) is 4.79 Å². The Bertz CT molecular complexity index is 504. The van der Waals surface area contributed by atoms with Crippen molar-refractivity contribution >= 4 is 11.9 Å². The number of furan rings is 1. The molecule has 1 unspecified atom stereocenters. The molecule has 1 aromatic rings. The Morgan fingerprint density at radius 3 is 2.74 bits per heavy atom. The molecule has 1 aliphatic heterocycles. The summed E-state index contributed by atoms with van der Waals surface area (Å²) in [5.74, 6) is 0.420. The molecular formula is C14H19NO4. The highest BCUT2D eigenvalue weighted by Gasteiger charge is 2.32. The molecule has 19 heavy (non-hydrogen) atoms. The quantitative estimate of drug-likeness (QED) is 0.906. The molecule has 1 aromatic heterocycles. The zero-order valence-electron chi connectivity index (χ0n) is 11.5. The summed E-state index contributed by atoms with van der Waals surface area (Å²) in [7, 11) is 0. The van der Waals surface area contributed by atoms with Gasteiger partial charge in [0.2, 0.25) is 11.7 Å². The summed E-state index contributed by atoms with van der Waals surface area (Å²) in [4.78, 5) is 24.5. The number of carbonyl (C=O) groups is 2. The van der Waals surface area contributed by atoms with E-state index in [1.54, 1.807) is 11.8 Å². The fraction of sp³-hybridized carbons (Fsp3) is 0.571. The average molecular weight is 265 g/mol. The van der Waals surface area contributed by atoms with Crippen LogP contribution in [0.3, 0.4) is 0 Å². The number of aromatic carboxylic acids is 1. The van der Waals surface area contributed by atoms with Crippen molar-refractivity contribution in [1.29, 1.82) is 0 Å². The van der Waals surface area contributed by atoms with Crippen LogP contribution in [0.1, 0.15) is 42.1 Å². The maximum atomic E-state index is 11.9. The highest BCUT2D eigenvalue weighted by atomic mass is 16.4. The van der Waals surface area contributed by atoms with Crippen molar-refractivity contribution in [1.82, 2.24) is 4.90 Å². The number of carbonyl (C=O) groups excluding carboxylic acids is 1. The number of likely N-dealkylation sites (tertiary alicyclic amines) is 1. The summed E-state index contributed by atoms with van der Waals surface area (Å²) in [6.45, 7) is 7.14. The molecule has 2 rings (SSSR count). The van der Waals surface area contributed by atoms with Gasteiger partial charge in [-0.15, -0.1) is 0 Å². The van der Waals surface area contributed by atoms with Crippen LogP contribution >= 0.6 is 0 Å². The number of nitrogens with zero attached hydrogens (tertiary/aromatic N) is 1. The summed E-state index contributed by atoms with van der Waals surface area (Å²) in [6, 6.07) is 1.51. The fourth-order valence-corrected chi connectivity index (χ4v) is 2.39. The van der Waals surface area contributed by atoms with Crippen LogP contribution in [0.15, 0.2) is 10.5 Å². The minimum Gasteiger partial charge on any atom is -0.475 e. The van der Waals surface area contributed by atoms with E-state index in [4.69, 9.17) is 9.52 Å². The highest BCUT2D eigenvalue weighted by Crippen LogP contribution is 2.27. The number of hydrogen-bond acceptors (Lipinski definition) is 3. The Morgan fingerprint density at radius 1 is 1.58 bits per heavy atom. The van der Waals surface area contributed by atoms with Crippen LogP contribution in [-0.4, -0.2) is 28.4 Å². The third-order valence-electron chi connectivity index (χ3n) is 3.78. The van der Waals surface area contributed by atoms with E-state index in [0.717, 1.165) is 12.1 Å². The first-order chi connectivity index (χ1) is 8.88. The molecule has 5 nitrogen and oxygen atoms in total. The lowest BCUT2D eigenvalue weighted by atomic mass is 9.95. The maximum absolute atomic E-state index is 11.9. The number of amides is 1. The molecule has 0 saturated carbocycles. The number of carboxylic acids is 1. The highest BCUT2D eigenvalue weighted by molar-refractivity contribution is 5.84. The zero-order valence-corrected chi connectivity index (χ0v) is 11.5. The predicted molar refractivity (Wildman–Crippen MR) is 68.8 cm³/mol. The van der Waals surface area contributed by atoms with E-state index >= 15 is 0 Å². The molecule has 1 atom stereocenters. The van der Waals surface area contributed by atoms with Gasteiger partial charge in [0.1, 0.15) is 5.76 Å². The lowest BCUT2D eigenvalue weighted by molar-refractivity contribution is -0.128. The maximum Gasteiger partial charge on any atom is 0.371 e. The van der Waals surface area contributed by atoms with Crippen molar-refractivity contribution in [3.05, 3.63) is 23.2 Å². The van der Waals surface area contributed by atoms with E-state index in [9.17, 15) is 9.59 Å². The van der Waals surface area contributed by atoms with E-state index in [0.29, 0.717) is 30.6 Å². The predicted octanol–water partition coefficient (Wildman–Crippen LogP) is 2.29. The summed E-state index contributed by atoms with van der Waals surface area (Å²) >= 11 is 0. The molecule has 1 saturated heterocycles. The normalized spacial score (nSPS) is 19.5. The second-order valence-electron chi connectivity index (χ2n) is 5.48. The van der Waals surface area contributed by atoms with E-state index in [-0.39, 0.29) is 11.7 Å². The van der Waals surface area contributed by atoms with Crippen LogP contribution in [0.5, 0.6) is 0 Å². The molecule has 1 fully saturated rings. The van der Waals surface area contributed by atoms with Gasteiger partial charge < -0.3 is 14.4 Å².